The van der Waals surface area contributed by atoms with Gasteiger partial charge in [0.25, 0.3) is 0 Å². The molecule has 0 unspecified atom stereocenters. The van der Waals surface area contributed by atoms with Crippen LogP contribution in [0.3, 0.4) is 0 Å². The smallest absolute Gasteiger partial charge is 0.152 e. The number of nitrogens with zero attached hydrogens (tertiary/aromatic N) is 1. The van der Waals surface area contributed by atoms with Crippen LogP contribution in [0.2, 0.25) is 0 Å². The monoisotopic (exact) mass is 168 g/mol. The number of nitriles is 1. The molecule has 0 aromatic heterocycles. The van der Waals surface area contributed by atoms with Crippen molar-refractivity contribution in [2.75, 3.05) is 6.61 Å². The zero-order chi connectivity index (χ0) is 9.40. The van der Waals surface area contributed by atoms with E-state index in [0.717, 1.165) is 18.9 Å². The van der Waals surface area contributed by atoms with Gasteiger partial charge in [0.1, 0.15) is 5.97 Å². The van der Waals surface area contributed by atoms with E-state index in [4.69, 9.17) is 10.00 Å². The minimum absolute atomic E-state index is 0.304. The van der Waals surface area contributed by atoms with Crippen LogP contribution in [0.25, 0.3) is 0 Å². The topological polar surface area (TPSA) is 73.1 Å². The molecule has 0 fully saturated rings. The summed E-state index contributed by atoms with van der Waals surface area (Å²) in [7, 11) is 0. The Balaban J connectivity index is 3.91. The second kappa shape index (κ2) is 6.23. The first-order chi connectivity index (χ1) is 5.72. The number of unbranched alkanes of at least 4 members (excludes halogenated alkanes) is 1. The van der Waals surface area contributed by atoms with E-state index in [1.54, 1.807) is 6.07 Å². The van der Waals surface area contributed by atoms with Crippen molar-refractivity contribution in [3.63, 3.8) is 0 Å². The minimum atomic E-state index is -1.45. The van der Waals surface area contributed by atoms with Gasteiger partial charge in [-0.1, -0.05) is 13.3 Å². The molecule has 0 amide bonds. The molecule has 0 saturated carbocycles. The van der Waals surface area contributed by atoms with Gasteiger partial charge in [0.15, 0.2) is 5.76 Å². The summed E-state index contributed by atoms with van der Waals surface area (Å²) in [4.78, 5) is 10.2. The van der Waals surface area contributed by atoms with Crippen molar-refractivity contribution in [2.24, 2.45) is 0 Å². The van der Waals surface area contributed by atoms with E-state index in [1.165, 1.54) is 0 Å². The third-order valence-electron chi connectivity index (χ3n) is 1.15. The molecule has 0 rings (SSSR count). The number of allylic oxidation sites excluding steroid dienone is 1. The van der Waals surface area contributed by atoms with E-state index in [0.29, 0.717) is 6.61 Å². The van der Waals surface area contributed by atoms with Gasteiger partial charge in [-0.3, -0.25) is 0 Å². The summed E-state index contributed by atoms with van der Waals surface area (Å²) in [6.07, 6.45) is 2.49. The molecule has 0 spiro atoms. The van der Waals surface area contributed by atoms with Crippen molar-refractivity contribution in [3.05, 3.63) is 11.8 Å². The van der Waals surface area contributed by atoms with Crippen molar-refractivity contribution in [1.29, 1.82) is 5.26 Å². The van der Waals surface area contributed by atoms with E-state index in [-0.39, 0.29) is 0 Å². The maximum absolute atomic E-state index is 10.2. The summed E-state index contributed by atoms with van der Waals surface area (Å²) in [5, 5.41) is 18.4. The Morgan fingerprint density at radius 2 is 2.42 bits per heavy atom. The van der Waals surface area contributed by atoms with Crippen LogP contribution in [0.5, 0.6) is 0 Å². The quantitative estimate of drug-likeness (QED) is 0.250. The van der Waals surface area contributed by atoms with Crippen LogP contribution in [-0.4, -0.2) is 12.6 Å². The molecule has 0 bridgehead atoms. The lowest BCUT2D eigenvalue weighted by atomic mass is 10.3. The van der Waals surface area contributed by atoms with Crippen molar-refractivity contribution >= 4 is 5.97 Å². The first kappa shape index (κ1) is 10.5. The van der Waals surface area contributed by atoms with Crippen LogP contribution in [0, 0.1) is 11.3 Å². The van der Waals surface area contributed by atoms with E-state index in [1.807, 2.05) is 6.92 Å². The largest absolute Gasteiger partial charge is 0.542 e. The van der Waals surface area contributed by atoms with E-state index >= 15 is 0 Å². The maximum Gasteiger partial charge on any atom is 0.152 e. The minimum Gasteiger partial charge on any atom is -0.542 e. The summed E-state index contributed by atoms with van der Waals surface area (Å²) < 4.78 is 4.76. The van der Waals surface area contributed by atoms with Crippen molar-refractivity contribution in [3.8, 4) is 6.07 Å². The number of rotatable bonds is 5. The maximum atomic E-state index is 10.2. The van der Waals surface area contributed by atoms with Gasteiger partial charge in [-0.15, -0.1) is 0 Å². The lowest BCUT2D eigenvalue weighted by Gasteiger charge is -2.08. The number of carbonyl (C=O) groups is 1. The number of hydrogen-bond donors (Lipinski definition) is 0. The average Bonchev–Trinajstić information content (AvgIpc) is 2.03. The van der Waals surface area contributed by atoms with Crippen LogP contribution in [0.4, 0.5) is 0 Å². The lowest BCUT2D eigenvalue weighted by molar-refractivity contribution is -0.303. The SMILES string of the molecule is CCCCO/C(=C/C#N)C(=O)[O-]. The summed E-state index contributed by atoms with van der Waals surface area (Å²) >= 11 is 0. The molecule has 4 nitrogen and oxygen atoms in total. The second-order valence-corrected chi connectivity index (χ2v) is 2.13. The fourth-order valence-electron chi connectivity index (χ4n) is 0.545. The Bertz CT molecular complexity index is 215. The van der Waals surface area contributed by atoms with Gasteiger partial charge in [-0.25, -0.2) is 0 Å². The first-order valence-electron chi connectivity index (χ1n) is 3.66. The molecular formula is C8H10NO3-. The number of carboxylic acid groups (broad SMARTS) is 1. The molecule has 0 atom stereocenters. The highest BCUT2D eigenvalue weighted by molar-refractivity contribution is 5.82. The fraction of sp³-hybridized carbons (Fsp3) is 0.500. The normalized spacial score (nSPS) is 10.5. The number of aliphatic carboxylic acids is 1. The van der Waals surface area contributed by atoms with Crippen molar-refractivity contribution in [1.82, 2.24) is 0 Å². The van der Waals surface area contributed by atoms with Crippen LogP contribution < -0.4 is 5.11 Å². The third kappa shape index (κ3) is 4.34. The van der Waals surface area contributed by atoms with E-state index in [9.17, 15) is 9.90 Å². The van der Waals surface area contributed by atoms with E-state index < -0.39 is 11.7 Å². The fourth-order valence-corrected chi connectivity index (χ4v) is 0.545. The molecule has 0 aliphatic rings. The Kier molecular flexibility index (Phi) is 5.45. The summed E-state index contributed by atoms with van der Waals surface area (Å²) in [6.45, 7) is 2.26. The Morgan fingerprint density at radius 1 is 1.75 bits per heavy atom. The van der Waals surface area contributed by atoms with Crippen LogP contribution in [0.15, 0.2) is 11.8 Å². The van der Waals surface area contributed by atoms with Crippen molar-refractivity contribution in [2.45, 2.75) is 19.8 Å². The predicted molar refractivity (Wildman–Crippen MR) is 39.6 cm³/mol. The molecule has 0 aromatic rings. The Labute approximate surface area is 71.1 Å². The summed E-state index contributed by atoms with van der Waals surface area (Å²) in [6, 6.07) is 1.57. The van der Waals surface area contributed by atoms with Gasteiger partial charge in [0.05, 0.1) is 18.8 Å². The number of carboxylic acids is 1. The lowest BCUT2D eigenvalue weighted by Crippen LogP contribution is -2.26. The molecule has 12 heavy (non-hydrogen) atoms. The van der Waals surface area contributed by atoms with Gasteiger partial charge >= 0.3 is 0 Å². The van der Waals surface area contributed by atoms with E-state index in [2.05, 4.69) is 0 Å². The van der Waals surface area contributed by atoms with Gasteiger partial charge in [0, 0.05) is 0 Å². The first-order valence-corrected chi connectivity index (χ1v) is 3.66. The highest BCUT2D eigenvalue weighted by Crippen LogP contribution is 1.97. The molecule has 0 N–H and O–H groups in total. The summed E-state index contributed by atoms with van der Waals surface area (Å²) in [5.74, 6) is -1.85. The highest BCUT2D eigenvalue weighted by Gasteiger charge is 1.97. The van der Waals surface area contributed by atoms with Crippen molar-refractivity contribution < 1.29 is 14.6 Å². The Morgan fingerprint density at radius 3 is 2.83 bits per heavy atom. The van der Waals surface area contributed by atoms with Gasteiger partial charge in [-0.05, 0) is 6.42 Å². The zero-order valence-corrected chi connectivity index (χ0v) is 6.87. The molecule has 66 valence electrons. The number of ether oxygens (including phenoxy) is 1. The number of carbonyl (C=O) groups excluding carboxylic acids is 1. The predicted octanol–water partition coefficient (Wildman–Crippen LogP) is -0.0395. The standard InChI is InChI=1S/C8H11NO3/c1-2-3-6-12-7(4-5-9)8(10)11/h4H,2-3,6H2,1H3,(H,10,11)/p-1/b7-4+. The number of hydrogen-bond acceptors (Lipinski definition) is 4. The molecule has 0 aromatic carbocycles. The Hall–Kier alpha value is -1.50. The van der Waals surface area contributed by atoms with Crippen LogP contribution >= 0.6 is 0 Å². The molecule has 4 heteroatoms. The highest BCUT2D eigenvalue weighted by atomic mass is 16.5. The molecule has 0 saturated heterocycles. The van der Waals surface area contributed by atoms with Gasteiger partial charge in [0.2, 0.25) is 0 Å². The molecule has 0 heterocycles. The summed E-state index contributed by atoms with van der Waals surface area (Å²) in [5.41, 5.74) is 0. The zero-order valence-electron chi connectivity index (χ0n) is 6.87. The molecular weight excluding hydrogens is 158 g/mol. The van der Waals surface area contributed by atoms with Gasteiger partial charge < -0.3 is 14.6 Å². The van der Waals surface area contributed by atoms with Crippen LogP contribution in [0.1, 0.15) is 19.8 Å². The van der Waals surface area contributed by atoms with Gasteiger partial charge in [-0.2, -0.15) is 5.26 Å². The molecule has 0 aliphatic heterocycles. The molecule has 0 radical (unpaired) electrons. The second-order valence-electron chi connectivity index (χ2n) is 2.13. The third-order valence-corrected chi connectivity index (χ3v) is 1.15. The van der Waals surface area contributed by atoms with Crippen LogP contribution in [-0.2, 0) is 9.53 Å². The average molecular weight is 168 g/mol. The molecule has 0 aliphatic carbocycles.